The van der Waals surface area contributed by atoms with Crippen molar-refractivity contribution < 1.29 is 37.3 Å². The fraction of sp³-hybridized carbons (Fsp3) is 0.548. The lowest BCUT2D eigenvalue weighted by atomic mass is 9.72. The van der Waals surface area contributed by atoms with Gasteiger partial charge in [0.2, 0.25) is 0 Å². The van der Waals surface area contributed by atoms with Crippen LogP contribution >= 0.6 is 0 Å². The van der Waals surface area contributed by atoms with Crippen LogP contribution in [0.3, 0.4) is 0 Å². The van der Waals surface area contributed by atoms with Crippen LogP contribution in [0.5, 0.6) is 5.75 Å². The molecule has 7 nitrogen and oxygen atoms in total. The molecule has 1 saturated heterocycles. The number of carbonyl (C=O) groups excluding carboxylic acids is 1. The number of aliphatic carboxylic acids is 1. The van der Waals surface area contributed by atoms with Crippen molar-refractivity contribution in [3.8, 4) is 5.75 Å². The zero-order valence-electron chi connectivity index (χ0n) is 24.3. The Morgan fingerprint density at radius 2 is 1.73 bits per heavy atom. The molecule has 0 aromatic heterocycles. The van der Waals surface area contributed by atoms with E-state index < -0.39 is 59.2 Å². The summed E-state index contributed by atoms with van der Waals surface area (Å²) in [5.41, 5.74) is -1.01. The minimum Gasteiger partial charge on any atom is -0.496 e. The lowest BCUT2D eigenvalue weighted by Gasteiger charge is -2.35. The molecule has 2 aromatic rings. The fourth-order valence-corrected chi connectivity index (χ4v) is 6.25. The summed E-state index contributed by atoms with van der Waals surface area (Å²) < 4.78 is 52.8. The van der Waals surface area contributed by atoms with E-state index in [4.69, 9.17) is 9.47 Å². The number of hydrogen-bond donors (Lipinski definition) is 2. The topological polar surface area (TPSA) is 88.1 Å². The number of nitrogens with zero attached hydrogens (tertiary/aromatic N) is 1. The molecule has 2 aliphatic rings. The van der Waals surface area contributed by atoms with E-state index in [0.29, 0.717) is 11.3 Å². The van der Waals surface area contributed by atoms with Gasteiger partial charge in [0.25, 0.3) is 0 Å². The average molecular weight is 577 g/mol. The molecule has 1 heterocycles. The van der Waals surface area contributed by atoms with Crippen LogP contribution in [0.2, 0.25) is 0 Å². The molecule has 0 radical (unpaired) electrons. The molecular formula is C31H39F3N2O5. The number of nitrogens with one attached hydrogen (secondary N) is 1. The Balaban J connectivity index is 1.79. The van der Waals surface area contributed by atoms with Crippen LogP contribution in [0.1, 0.15) is 70.2 Å². The van der Waals surface area contributed by atoms with E-state index in [1.165, 1.54) is 24.1 Å². The SMILES string of the molecule is COc1ccc(C2(C(F)(F)F)CC2)cc1CN[C@H]1[C@H](C(C)(C)C)[C@@H](C(=O)O)N(C(=O)OC(C)C)[C@H]1c1ccccc1. The number of carboxylic acids is 1. The van der Waals surface area contributed by atoms with Gasteiger partial charge in [-0.1, -0.05) is 57.2 Å². The third-order valence-electron chi connectivity index (χ3n) is 8.26. The van der Waals surface area contributed by atoms with Crippen molar-refractivity contribution in [2.24, 2.45) is 11.3 Å². The summed E-state index contributed by atoms with van der Waals surface area (Å²) in [5.74, 6) is -1.31. The third-order valence-corrected chi connectivity index (χ3v) is 8.26. The molecule has 4 atom stereocenters. The standard InChI is InChI=1S/C31H39F3N2O5/c1-18(2)41-28(39)36-25(19-10-8-7-9-11-19)24(23(29(3,4)5)26(36)27(37)38)35-17-20-16-21(12-13-22(20)40-6)30(14-15-30)31(32,33)34/h7-13,16,18,23-26,35H,14-15,17H2,1-6H3,(H,37,38)/t23-,24-,25-,26-/m0/s1. The van der Waals surface area contributed by atoms with E-state index in [9.17, 15) is 27.9 Å². The number of hydrogen-bond acceptors (Lipinski definition) is 5. The molecule has 0 spiro atoms. The first-order valence-corrected chi connectivity index (χ1v) is 13.9. The molecular weight excluding hydrogens is 537 g/mol. The zero-order chi connectivity index (χ0) is 30.3. The van der Waals surface area contributed by atoms with Crippen molar-refractivity contribution in [1.82, 2.24) is 10.2 Å². The second-order valence-electron chi connectivity index (χ2n) is 12.4. The second kappa shape index (κ2) is 11.2. The largest absolute Gasteiger partial charge is 0.496 e. The molecule has 1 aliphatic carbocycles. The maximum Gasteiger partial charge on any atom is 0.411 e. The quantitative estimate of drug-likeness (QED) is 0.375. The van der Waals surface area contributed by atoms with Crippen molar-refractivity contribution >= 4 is 12.1 Å². The highest BCUT2D eigenvalue weighted by molar-refractivity contribution is 5.82. The monoisotopic (exact) mass is 576 g/mol. The summed E-state index contributed by atoms with van der Waals surface area (Å²) in [4.78, 5) is 27.6. The maximum atomic E-state index is 13.9. The van der Waals surface area contributed by atoms with Crippen molar-refractivity contribution in [1.29, 1.82) is 0 Å². The molecule has 224 valence electrons. The summed E-state index contributed by atoms with van der Waals surface area (Å²) in [6.07, 6.45) is -5.50. The van der Waals surface area contributed by atoms with Gasteiger partial charge >= 0.3 is 18.2 Å². The molecule has 2 aromatic carbocycles. The number of alkyl halides is 3. The van der Waals surface area contributed by atoms with Crippen molar-refractivity contribution in [2.75, 3.05) is 7.11 Å². The third kappa shape index (κ3) is 5.89. The summed E-state index contributed by atoms with van der Waals surface area (Å²) in [6.45, 7) is 9.26. The molecule has 1 saturated carbocycles. The van der Waals surface area contributed by atoms with Gasteiger partial charge in [-0.3, -0.25) is 4.90 Å². The predicted octanol–water partition coefficient (Wildman–Crippen LogP) is 6.46. The highest BCUT2D eigenvalue weighted by Crippen LogP contribution is 2.59. The molecule has 41 heavy (non-hydrogen) atoms. The molecule has 2 fully saturated rings. The first-order chi connectivity index (χ1) is 19.1. The Labute approximate surface area is 239 Å². The van der Waals surface area contributed by atoms with Gasteiger partial charge in [0.15, 0.2) is 0 Å². The van der Waals surface area contributed by atoms with Crippen molar-refractivity contribution in [3.05, 3.63) is 65.2 Å². The number of rotatable bonds is 8. The van der Waals surface area contributed by atoms with Crippen molar-refractivity contribution in [3.63, 3.8) is 0 Å². The van der Waals surface area contributed by atoms with E-state index in [-0.39, 0.29) is 24.9 Å². The van der Waals surface area contributed by atoms with Crippen LogP contribution in [0, 0.1) is 11.3 Å². The number of carbonyl (C=O) groups is 2. The van der Waals surface area contributed by atoms with Gasteiger partial charge in [0, 0.05) is 24.1 Å². The number of carboxylic acid groups (broad SMARTS) is 1. The van der Waals surface area contributed by atoms with Gasteiger partial charge in [-0.15, -0.1) is 0 Å². The lowest BCUT2D eigenvalue weighted by molar-refractivity contribution is -0.160. The Morgan fingerprint density at radius 3 is 2.22 bits per heavy atom. The Kier molecular flexibility index (Phi) is 8.38. The number of amides is 1. The molecule has 4 rings (SSSR count). The lowest BCUT2D eigenvalue weighted by Crippen LogP contribution is -2.48. The van der Waals surface area contributed by atoms with E-state index >= 15 is 0 Å². The van der Waals surface area contributed by atoms with E-state index in [0.717, 1.165) is 5.56 Å². The average Bonchev–Trinajstić information content (AvgIpc) is 3.62. The van der Waals surface area contributed by atoms with E-state index in [2.05, 4.69) is 5.32 Å². The van der Waals surface area contributed by atoms with Crippen LogP contribution in [0.25, 0.3) is 0 Å². The van der Waals surface area contributed by atoms with E-state index in [1.807, 2.05) is 51.1 Å². The Hall–Kier alpha value is -3.27. The highest BCUT2D eigenvalue weighted by Gasteiger charge is 2.64. The fourth-order valence-electron chi connectivity index (χ4n) is 6.25. The summed E-state index contributed by atoms with van der Waals surface area (Å²) >= 11 is 0. The summed E-state index contributed by atoms with van der Waals surface area (Å²) in [7, 11) is 1.46. The number of methoxy groups -OCH3 is 1. The van der Waals surface area contributed by atoms with Gasteiger partial charge < -0.3 is 19.9 Å². The molecule has 1 amide bonds. The van der Waals surface area contributed by atoms with Crippen LogP contribution in [-0.4, -0.2) is 53.5 Å². The van der Waals surface area contributed by atoms with Gasteiger partial charge in [0.05, 0.1) is 24.7 Å². The van der Waals surface area contributed by atoms with Gasteiger partial charge in [-0.05, 0) is 55.4 Å². The van der Waals surface area contributed by atoms with E-state index in [1.54, 1.807) is 19.9 Å². The predicted molar refractivity (Wildman–Crippen MR) is 148 cm³/mol. The normalized spacial score (nSPS) is 23.9. The minimum atomic E-state index is -4.36. The minimum absolute atomic E-state index is 0.0354. The van der Waals surface area contributed by atoms with Crippen molar-refractivity contribution in [2.45, 2.75) is 89.8 Å². The molecule has 0 bridgehead atoms. The van der Waals surface area contributed by atoms with Crippen LogP contribution < -0.4 is 10.1 Å². The highest BCUT2D eigenvalue weighted by atomic mass is 19.4. The molecule has 2 N–H and O–H groups in total. The van der Waals surface area contributed by atoms with Gasteiger partial charge in [-0.25, -0.2) is 9.59 Å². The molecule has 0 unspecified atom stereocenters. The van der Waals surface area contributed by atoms with Gasteiger partial charge in [-0.2, -0.15) is 13.2 Å². The van der Waals surface area contributed by atoms with Crippen LogP contribution in [-0.2, 0) is 21.5 Å². The smallest absolute Gasteiger partial charge is 0.411 e. The Morgan fingerprint density at radius 1 is 1.10 bits per heavy atom. The van der Waals surface area contributed by atoms with Crippen LogP contribution in [0.15, 0.2) is 48.5 Å². The molecule has 10 heteroatoms. The second-order valence-corrected chi connectivity index (χ2v) is 12.4. The number of ether oxygens (including phenoxy) is 2. The van der Waals surface area contributed by atoms with Gasteiger partial charge in [0.1, 0.15) is 11.8 Å². The Bertz CT molecular complexity index is 1250. The maximum absolute atomic E-state index is 13.9. The summed E-state index contributed by atoms with van der Waals surface area (Å²) in [5, 5.41) is 13.9. The first-order valence-electron chi connectivity index (χ1n) is 13.9. The van der Waals surface area contributed by atoms with Crippen LogP contribution in [0.4, 0.5) is 18.0 Å². The summed E-state index contributed by atoms with van der Waals surface area (Å²) in [6, 6.07) is 11.2. The first kappa shape index (κ1) is 30.7. The number of benzene rings is 2. The zero-order valence-corrected chi connectivity index (χ0v) is 24.3. The number of likely N-dealkylation sites (tertiary alicyclic amines) is 1. The number of halogens is 3. The molecule has 1 aliphatic heterocycles.